The predicted molar refractivity (Wildman–Crippen MR) is 87.8 cm³/mol. The molecule has 2 rings (SSSR count). The van der Waals surface area contributed by atoms with Crippen LogP contribution in [0.5, 0.6) is 17.4 Å². The molecule has 0 aliphatic rings. The number of pyridine rings is 1. The maximum absolute atomic E-state index is 11.1. The lowest BCUT2D eigenvalue weighted by atomic mass is 10.0. The van der Waals surface area contributed by atoms with Gasteiger partial charge >= 0.3 is 5.97 Å². The molecule has 0 saturated heterocycles. The molecular formula is C18H19NO4. The number of ether oxygens (including phenoxy) is 1. The number of aromatic hydroxyl groups is 1. The lowest BCUT2D eigenvalue weighted by molar-refractivity contribution is -0.132. The minimum atomic E-state index is -0.906. The van der Waals surface area contributed by atoms with Crippen LogP contribution in [-0.2, 0) is 4.79 Å². The van der Waals surface area contributed by atoms with Gasteiger partial charge in [-0.3, -0.25) is 0 Å². The van der Waals surface area contributed by atoms with E-state index in [4.69, 9.17) is 9.84 Å². The number of hydrogen-bond donors (Lipinski definition) is 2. The Labute approximate surface area is 134 Å². The van der Waals surface area contributed by atoms with Crippen LogP contribution >= 0.6 is 0 Å². The van der Waals surface area contributed by atoms with Gasteiger partial charge in [0.15, 0.2) is 0 Å². The number of aromatic nitrogens is 1. The molecule has 0 amide bonds. The zero-order valence-electron chi connectivity index (χ0n) is 13.3. The molecule has 0 unspecified atom stereocenters. The standard InChI is InChI=1S/C18H19NO4/c1-4-14(18(21)22)9-13-7-11(2)17(12(3)8-13)23-16-6-5-15(20)10-19-16/h5-10,20H,4H2,1-3H3,(H,21,22). The minimum absolute atomic E-state index is 0.0760. The molecule has 2 N–H and O–H groups in total. The van der Waals surface area contributed by atoms with Crippen molar-refractivity contribution in [2.75, 3.05) is 0 Å². The van der Waals surface area contributed by atoms with Gasteiger partial charge in [0.1, 0.15) is 11.5 Å². The summed E-state index contributed by atoms with van der Waals surface area (Å²) in [7, 11) is 0. The van der Waals surface area contributed by atoms with Gasteiger partial charge in [0.25, 0.3) is 0 Å². The van der Waals surface area contributed by atoms with Crippen LogP contribution in [0.1, 0.15) is 30.0 Å². The summed E-state index contributed by atoms with van der Waals surface area (Å²) < 4.78 is 5.77. The number of rotatable bonds is 5. The van der Waals surface area contributed by atoms with Gasteiger partial charge < -0.3 is 14.9 Å². The van der Waals surface area contributed by atoms with Gasteiger partial charge in [0.05, 0.1) is 6.20 Å². The second kappa shape index (κ2) is 6.96. The van der Waals surface area contributed by atoms with Crippen molar-refractivity contribution in [3.05, 3.63) is 52.7 Å². The van der Waals surface area contributed by atoms with Crippen molar-refractivity contribution in [1.82, 2.24) is 4.98 Å². The molecule has 0 atom stereocenters. The third-order valence-electron chi connectivity index (χ3n) is 3.41. The highest BCUT2D eigenvalue weighted by Gasteiger charge is 2.10. The van der Waals surface area contributed by atoms with Crippen molar-refractivity contribution in [2.45, 2.75) is 27.2 Å². The number of aliphatic carboxylic acids is 1. The predicted octanol–water partition coefficient (Wildman–Crippen LogP) is 4.07. The molecule has 120 valence electrons. The number of carbonyl (C=O) groups is 1. The van der Waals surface area contributed by atoms with E-state index in [-0.39, 0.29) is 5.75 Å². The Morgan fingerprint density at radius 3 is 2.39 bits per heavy atom. The SMILES string of the molecule is CCC(=Cc1cc(C)c(Oc2ccc(O)cn2)c(C)c1)C(=O)O. The molecule has 23 heavy (non-hydrogen) atoms. The van der Waals surface area contributed by atoms with Gasteiger partial charge in [0, 0.05) is 11.6 Å². The van der Waals surface area contributed by atoms with Gasteiger partial charge in [-0.05, 0) is 61.2 Å². The normalized spacial score (nSPS) is 11.3. The summed E-state index contributed by atoms with van der Waals surface area (Å²) >= 11 is 0. The second-order valence-corrected chi connectivity index (χ2v) is 5.27. The lowest BCUT2D eigenvalue weighted by Gasteiger charge is -2.12. The number of hydrogen-bond acceptors (Lipinski definition) is 4. The molecule has 0 saturated carbocycles. The van der Waals surface area contributed by atoms with Crippen LogP contribution in [0.2, 0.25) is 0 Å². The fraction of sp³-hybridized carbons (Fsp3) is 0.222. The van der Waals surface area contributed by atoms with E-state index in [9.17, 15) is 9.90 Å². The van der Waals surface area contributed by atoms with Gasteiger partial charge in [-0.25, -0.2) is 9.78 Å². The fourth-order valence-corrected chi connectivity index (χ4v) is 2.28. The maximum Gasteiger partial charge on any atom is 0.331 e. The third-order valence-corrected chi connectivity index (χ3v) is 3.41. The van der Waals surface area contributed by atoms with Crippen molar-refractivity contribution < 1.29 is 19.7 Å². The number of nitrogens with zero attached hydrogens (tertiary/aromatic N) is 1. The molecular weight excluding hydrogens is 294 g/mol. The lowest BCUT2D eigenvalue weighted by Crippen LogP contribution is -1.99. The van der Waals surface area contributed by atoms with Crippen molar-refractivity contribution in [1.29, 1.82) is 0 Å². The van der Waals surface area contributed by atoms with Gasteiger partial charge in [-0.1, -0.05) is 6.92 Å². The first-order valence-corrected chi connectivity index (χ1v) is 7.28. The summed E-state index contributed by atoms with van der Waals surface area (Å²) in [5.41, 5.74) is 2.95. The summed E-state index contributed by atoms with van der Waals surface area (Å²) in [6.45, 7) is 5.60. The zero-order chi connectivity index (χ0) is 17.0. The van der Waals surface area contributed by atoms with Crippen molar-refractivity contribution in [2.24, 2.45) is 0 Å². The summed E-state index contributed by atoms with van der Waals surface area (Å²) in [6, 6.07) is 6.84. The maximum atomic E-state index is 11.1. The molecule has 0 aliphatic carbocycles. The van der Waals surface area contributed by atoms with Gasteiger partial charge in [-0.15, -0.1) is 0 Å². The summed E-state index contributed by atoms with van der Waals surface area (Å²) in [5.74, 6) is 0.231. The van der Waals surface area contributed by atoms with Crippen LogP contribution in [0.15, 0.2) is 36.0 Å². The summed E-state index contributed by atoms with van der Waals surface area (Å²) in [5, 5.41) is 18.4. The highest BCUT2D eigenvalue weighted by molar-refractivity contribution is 5.92. The number of aryl methyl sites for hydroxylation is 2. The highest BCUT2D eigenvalue weighted by atomic mass is 16.5. The van der Waals surface area contributed by atoms with E-state index in [0.29, 0.717) is 23.6 Å². The van der Waals surface area contributed by atoms with Crippen LogP contribution in [0, 0.1) is 13.8 Å². The van der Waals surface area contributed by atoms with Crippen LogP contribution in [-0.4, -0.2) is 21.2 Å². The van der Waals surface area contributed by atoms with E-state index in [0.717, 1.165) is 16.7 Å². The average Bonchev–Trinajstić information content (AvgIpc) is 2.50. The molecule has 1 heterocycles. The molecule has 0 bridgehead atoms. The minimum Gasteiger partial charge on any atom is -0.506 e. The Morgan fingerprint density at radius 2 is 1.91 bits per heavy atom. The van der Waals surface area contributed by atoms with E-state index in [1.165, 1.54) is 12.3 Å². The Kier molecular flexibility index (Phi) is 5.01. The number of carboxylic acid groups (broad SMARTS) is 1. The number of benzene rings is 1. The summed E-state index contributed by atoms with van der Waals surface area (Å²) in [4.78, 5) is 15.1. The van der Waals surface area contributed by atoms with E-state index in [1.54, 1.807) is 12.1 Å². The van der Waals surface area contributed by atoms with Crippen molar-refractivity contribution in [3.63, 3.8) is 0 Å². The Morgan fingerprint density at radius 1 is 1.26 bits per heavy atom. The largest absolute Gasteiger partial charge is 0.506 e. The molecule has 2 aromatic rings. The summed E-state index contributed by atoms with van der Waals surface area (Å²) in [6.07, 6.45) is 3.45. The van der Waals surface area contributed by atoms with Crippen LogP contribution in [0.4, 0.5) is 0 Å². The first kappa shape index (κ1) is 16.5. The molecule has 0 fully saturated rings. The molecule has 0 radical (unpaired) electrons. The molecule has 1 aromatic carbocycles. The van der Waals surface area contributed by atoms with Gasteiger partial charge in [0.2, 0.25) is 5.88 Å². The first-order chi connectivity index (χ1) is 10.9. The Hall–Kier alpha value is -2.82. The average molecular weight is 313 g/mol. The van der Waals surface area contributed by atoms with Crippen LogP contribution in [0.25, 0.3) is 6.08 Å². The number of carboxylic acids is 1. The van der Waals surface area contributed by atoms with E-state index >= 15 is 0 Å². The molecule has 5 nitrogen and oxygen atoms in total. The zero-order valence-corrected chi connectivity index (χ0v) is 13.3. The van der Waals surface area contributed by atoms with Crippen LogP contribution < -0.4 is 4.74 Å². The van der Waals surface area contributed by atoms with E-state index < -0.39 is 5.97 Å². The van der Waals surface area contributed by atoms with Gasteiger partial charge in [-0.2, -0.15) is 0 Å². The Bertz CT molecular complexity index is 725. The van der Waals surface area contributed by atoms with E-state index in [1.807, 2.05) is 32.9 Å². The van der Waals surface area contributed by atoms with Crippen molar-refractivity contribution >= 4 is 12.0 Å². The smallest absolute Gasteiger partial charge is 0.331 e. The molecule has 5 heteroatoms. The topological polar surface area (TPSA) is 79.7 Å². The molecule has 0 spiro atoms. The first-order valence-electron chi connectivity index (χ1n) is 7.28. The van der Waals surface area contributed by atoms with E-state index in [2.05, 4.69) is 4.98 Å². The fourth-order valence-electron chi connectivity index (χ4n) is 2.28. The second-order valence-electron chi connectivity index (χ2n) is 5.27. The van der Waals surface area contributed by atoms with Crippen LogP contribution in [0.3, 0.4) is 0 Å². The Balaban J connectivity index is 2.34. The quantitative estimate of drug-likeness (QED) is 0.813. The highest BCUT2D eigenvalue weighted by Crippen LogP contribution is 2.30. The molecule has 0 aliphatic heterocycles. The monoisotopic (exact) mass is 313 g/mol. The third kappa shape index (κ3) is 4.10. The molecule has 1 aromatic heterocycles. The van der Waals surface area contributed by atoms with Crippen molar-refractivity contribution in [3.8, 4) is 17.4 Å².